The van der Waals surface area contributed by atoms with Crippen molar-refractivity contribution in [3.8, 4) is 5.75 Å². The van der Waals surface area contributed by atoms with Gasteiger partial charge in [0.05, 0.1) is 4.90 Å². The van der Waals surface area contributed by atoms with Crippen molar-refractivity contribution in [3.63, 3.8) is 0 Å². The van der Waals surface area contributed by atoms with Gasteiger partial charge in [0.2, 0.25) is 10.0 Å². The van der Waals surface area contributed by atoms with Gasteiger partial charge in [0.15, 0.2) is 0 Å². The van der Waals surface area contributed by atoms with Crippen molar-refractivity contribution < 1.29 is 22.4 Å². The maximum absolute atomic E-state index is 12.8. The van der Waals surface area contributed by atoms with E-state index in [2.05, 4.69) is 4.72 Å². The second kappa shape index (κ2) is 9.45. The molecule has 0 amide bonds. The molecule has 31 heavy (non-hydrogen) atoms. The maximum Gasteiger partial charge on any atom is 0.336 e. The summed E-state index contributed by atoms with van der Waals surface area (Å²) in [6.07, 6.45) is 1.72. The summed E-state index contributed by atoms with van der Waals surface area (Å²) in [5.74, 6) is -0.555. The highest BCUT2D eigenvalue weighted by atomic mass is 32.2. The van der Waals surface area contributed by atoms with E-state index >= 15 is 0 Å². The molecule has 0 aliphatic carbocycles. The van der Waals surface area contributed by atoms with Crippen molar-refractivity contribution in [1.82, 2.24) is 4.72 Å². The predicted octanol–water partition coefficient (Wildman–Crippen LogP) is 3.85. The highest BCUT2D eigenvalue weighted by molar-refractivity contribution is 7.89. The number of rotatable bonds is 8. The molecule has 1 atom stereocenters. The number of nitrogens with one attached hydrogen (secondary N) is 1. The fourth-order valence-corrected chi connectivity index (χ4v) is 4.38. The largest absolute Gasteiger partial charge is 0.425 e. The number of aryl methyl sites for hydroxylation is 2. The van der Waals surface area contributed by atoms with E-state index in [4.69, 9.17) is 9.15 Å². The van der Waals surface area contributed by atoms with E-state index in [0.29, 0.717) is 18.4 Å². The summed E-state index contributed by atoms with van der Waals surface area (Å²) in [5.41, 5.74) is 1.47. The molecule has 3 aromatic rings. The van der Waals surface area contributed by atoms with Gasteiger partial charge in [-0.15, -0.1) is 0 Å². The number of benzene rings is 2. The van der Waals surface area contributed by atoms with Crippen LogP contribution in [0, 0.1) is 13.8 Å². The highest BCUT2D eigenvalue weighted by Gasteiger charge is 2.27. The molecule has 1 aromatic heterocycles. The van der Waals surface area contributed by atoms with E-state index in [0.717, 1.165) is 22.9 Å². The smallest absolute Gasteiger partial charge is 0.336 e. The molecule has 0 aliphatic rings. The van der Waals surface area contributed by atoms with Gasteiger partial charge in [0.25, 0.3) is 0 Å². The molecule has 2 aromatic carbocycles. The SMILES string of the molecule is CCCC[C@@H](NS(=O)(=O)c1ccc(C)cc1)C(=O)Oc1ccc2c(C)cc(=O)oc2c1. The van der Waals surface area contributed by atoms with Gasteiger partial charge in [-0.1, -0.05) is 37.5 Å². The van der Waals surface area contributed by atoms with Gasteiger partial charge in [-0.25, -0.2) is 18.0 Å². The van der Waals surface area contributed by atoms with Crippen LogP contribution in [0.2, 0.25) is 0 Å². The van der Waals surface area contributed by atoms with Crippen molar-refractivity contribution in [2.24, 2.45) is 0 Å². The normalized spacial score (nSPS) is 12.6. The number of fused-ring (bicyclic) bond motifs is 1. The van der Waals surface area contributed by atoms with Gasteiger partial charge >= 0.3 is 11.6 Å². The molecular weight excluding hydrogens is 418 g/mol. The first kappa shape index (κ1) is 22.7. The minimum absolute atomic E-state index is 0.0790. The van der Waals surface area contributed by atoms with E-state index in [1.165, 1.54) is 24.3 Å². The van der Waals surface area contributed by atoms with Crippen LogP contribution >= 0.6 is 0 Å². The van der Waals surface area contributed by atoms with Crippen LogP contribution in [0.5, 0.6) is 5.75 Å². The molecule has 0 radical (unpaired) electrons. The van der Waals surface area contributed by atoms with Crippen LogP contribution in [-0.4, -0.2) is 20.4 Å². The maximum atomic E-state index is 12.8. The number of ether oxygens (including phenoxy) is 1. The van der Waals surface area contributed by atoms with Gasteiger partial charge in [-0.3, -0.25) is 0 Å². The van der Waals surface area contributed by atoms with Crippen LogP contribution < -0.4 is 15.1 Å². The molecule has 0 saturated carbocycles. The van der Waals surface area contributed by atoms with Crippen molar-refractivity contribution >= 4 is 27.0 Å². The van der Waals surface area contributed by atoms with Gasteiger partial charge in [0.1, 0.15) is 17.4 Å². The molecule has 0 fully saturated rings. The van der Waals surface area contributed by atoms with Crippen molar-refractivity contribution in [3.05, 3.63) is 70.1 Å². The van der Waals surface area contributed by atoms with E-state index < -0.39 is 27.7 Å². The minimum Gasteiger partial charge on any atom is -0.425 e. The van der Waals surface area contributed by atoms with Gasteiger partial charge < -0.3 is 9.15 Å². The van der Waals surface area contributed by atoms with Gasteiger partial charge in [-0.05, 0) is 50.1 Å². The molecule has 7 nitrogen and oxygen atoms in total. The third-order valence-electron chi connectivity index (χ3n) is 4.90. The molecule has 0 unspecified atom stereocenters. The van der Waals surface area contributed by atoms with Crippen LogP contribution in [0.1, 0.15) is 37.3 Å². The lowest BCUT2D eigenvalue weighted by atomic mass is 10.1. The molecule has 1 N–H and O–H groups in total. The van der Waals surface area contributed by atoms with Crippen LogP contribution in [-0.2, 0) is 14.8 Å². The molecule has 0 spiro atoms. The third kappa shape index (κ3) is 5.59. The third-order valence-corrected chi connectivity index (χ3v) is 6.39. The summed E-state index contributed by atoms with van der Waals surface area (Å²) >= 11 is 0. The second-order valence-corrected chi connectivity index (χ2v) is 9.17. The first-order chi connectivity index (χ1) is 14.7. The number of unbranched alkanes of at least 4 members (excludes halogenated alkanes) is 1. The van der Waals surface area contributed by atoms with E-state index in [1.54, 1.807) is 31.2 Å². The molecular formula is C23H25NO6S. The number of carbonyl (C=O) groups excluding carboxylic acids is 1. The topological polar surface area (TPSA) is 103 Å². The Kier molecular flexibility index (Phi) is 6.92. The first-order valence-electron chi connectivity index (χ1n) is 10.0. The fraction of sp³-hybridized carbons (Fsp3) is 0.304. The van der Waals surface area contributed by atoms with Crippen molar-refractivity contribution in [2.45, 2.75) is 51.0 Å². The van der Waals surface area contributed by atoms with E-state index in [-0.39, 0.29) is 10.6 Å². The summed E-state index contributed by atoms with van der Waals surface area (Å²) in [4.78, 5) is 24.5. The molecule has 0 bridgehead atoms. The second-order valence-electron chi connectivity index (χ2n) is 7.46. The number of sulfonamides is 1. The predicted molar refractivity (Wildman–Crippen MR) is 118 cm³/mol. The van der Waals surface area contributed by atoms with Crippen molar-refractivity contribution in [2.75, 3.05) is 0 Å². The minimum atomic E-state index is -3.90. The molecule has 0 saturated heterocycles. The zero-order valence-corrected chi connectivity index (χ0v) is 18.5. The number of hydrogen-bond donors (Lipinski definition) is 1. The van der Waals surface area contributed by atoms with Crippen LogP contribution in [0.25, 0.3) is 11.0 Å². The van der Waals surface area contributed by atoms with E-state index in [1.807, 2.05) is 13.8 Å². The monoisotopic (exact) mass is 443 g/mol. The number of esters is 1. The summed E-state index contributed by atoms with van der Waals surface area (Å²) < 4.78 is 38.6. The Balaban J connectivity index is 1.83. The lowest BCUT2D eigenvalue weighted by Crippen LogP contribution is -2.42. The van der Waals surface area contributed by atoms with Gasteiger partial charge in [0, 0.05) is 17.5 Å². The van der Waals surface area contributed by atoms with E-state index in [9.17, 15) is 18.0 Å². The lowest BCUT2D eigenvalue weighted by Gasteiger charge is -2.18. The summed E-state index contributed by atoms with van der Waals surface area (Å²) in [6.45, 7) is 5.59. The zero-order chi connectivity index (χ0) is 22.6. The molecule has 1 heterocycles. The van der Waals surface area contributed by atoms with Crippen LogP contribution in [0.4, 0.5) is 0 Å². The Morgan fingerprint density at radius 2 is 1.81 bits per heavy atom. The first-order valence-corrected chi connectivity index (χ1v) is 11.5. The van der Waals surface area contributed by atoms with Crippen LogP contribution in [0.15, 0.2) is 62.6 Å². The fourth-order valence-electron chi connectivity index (χ4n) is 3.16. The Hall–Kier alpha value is -2.97. The Morgan fingerprint density at radius 1 is 1.10 bits per heavy atom. The molecule has 3 rings (SSSR count). The summed E-state index contributed by atoms with van der Waals surface area (Å²) in [6, 6.07) is 11.4. The summed E-state index contributed by atoms with van der Waals surface area (Å²) in [7, 11) is -3.90. The zero-order valence-electron chi connectivity index (χ0n) is 17.7. The number of carbonyl (C=O) groups is 1. The standard InChI is InChI=1S/C23H25NO6S/c1-4-5-6-20(24-31(27,28)18-10-7-15(2)8-11-18)23(26)29-17-9-12-19-16(3)13-22(25)30-21(19)14-17/h7-14,20,24H,4-6H2,1-3H3/t20-/m1/s1. The molecule has 8 heteroatoms. The average molecular weight is 444 g/mol. The van der Waals surface area contributed by atoms with Crippen LogP contribution in [0.3, 0.4) is 0 Å². The highest BCUT2D eigenvalue weighted by Crippen LogP contribution is 2.23. The number of hydrogen-bond acceptors (Lipinski definition) is 6. The quantitative estimate of drug-likeness (QED) is 0.322. The average Bonchev–Trinajstić information content (AvgIpc) is 2.71. The summed E-state index contributed by atoms with van der Waals surface area (Å²) in [5, 5.41) is 0.724. The Morgan fingerprint density at radius 3 is 2.48 bits per heavy atom. The lowest BCUT2D eigenvalue weighted by molar-refractivity contribution is -0.136. The Labute approximate surface area is 181 Å². The Bertz CT molecular complexity index is 1250. The molecule has 0 aliphatic heterocycles. The molecule has 164 valence electrons. The van der Waals surface area contributed by atoms with Crippen molar-refractivity contribution in [1.29, 1.82) is 0 Å². The van der Waals surface area contributed by atoms with Gasteiger partial charge in [-0.2, -0.15) is 4.72 Å².